The molecule has 138 valence electrons. The Morgan fingerprint density at radius 3 is 2.81 bits per heavy atom. The van der Waals surface area contributed by atoms with E-state index < -0.39 is 5.91 Å². The molecule has 0 aliphatic heterocycles. The van der Waals surface area contributed by atoms with Gasteiger partial charge in [-0.15, -0.1) is 0 Å². The summed E-state index contributed by atoms with van der Waals surface area (Å²) in [4.78, 5) is 27.6. The number of ether oxygens (including phenoxy) is 2. The molecule has 0 saturated heterocycles. The maximum atomic E-state index is 12.4. The predicted molar refractivity (Wildman–Crippen MR) is 101 cm³/mol. The molecule has 1 heterocycles. The number of amides is 1. The van der Waals surface area contributed by atoms with E-state index in [0.29, 0.717) is 34.6 Å². The summed E-state index contributed by atoms with van der Waals surface area (Å²) >= 11 is 0. The van der Waals surface area contributed by atoms with Crippen LogP contribution in [0, 0.1) is 0 Å². The van der Waals surface area contributed by atoms with Gasteiger partial charge < -0.3 is 15.2 Å². The van der Waals surface area contributed by atoms with Crippen molar-refractivity contribution in [2.24, 2.45) is 10.8 Å². The Morgan fingerprint density at radius 2 is 2.04 bits per heavy atom. The van der Waals surface area contributed by atoms with Crippen LogP contribution in [-0.4, -0.2) is 35.0 Å². The van der Waals surface area contributed by atoms with Gasteiger partial charge in [-0.3, -0.25) is 9.59 Å². The molecular weight excluding hydrogens is 348 g/mol. The molecule has 0 atom stereocenters. The molecular formula is C19H18N4O4. The first-order valence-electron chi connectivity index (χ1n) is 8.27. The van der Waals surface area contributed by atoms with Gasteiger partial charge in [-0.1, -0.05) is 12.1 Å². The summed E-state index contributed by atoms with van der Waals surface area (Å²) in [6.07, 6.45) is 2.88. The van der Waals surface area contributed by atoms with E-state index in [4.69, 9.17) is 15.2 Å². The average molecular weight is 366 g/mol. The molecule has 0 bridgehead atoms. The van der Waals surface area contributed by atoms with Crippen molar-refractivity contribution < 1.29 is 14.3 Å². The number of primary amides is 1. The van der Waals surface area contributed by atoms with Crippen LogP contribution in [0.2, 0.25) is 0 Å². The number of hydrogen-bond acceptors (Lipinski definition) is 6. The molecule has 0 spiro atoms. The van der Waals surface area contributed by atoms with Crippen molar-refractivity contribution in [2.75, 3.05) is 13.2 Å². The van der Waals surface area contributed by atoms with Gasteiger partial charge in [0.1, 0.15) is 6.33 Å². The number of nitrogens with zero attached hydrogens (tertiary/aromatic N) is 3. The molecule has 1 amide bonds. The molecule has 0 saturated carbocycles. The first kappa shape index (κ1) is 18.1. The minimum atomic E-state index is -0.578. The van der Waals surface area contributed by atoms with E-state index in [2.05, 4.69) is 10.1 Å². The number of nitrogens with two attached hydrogens (primary N) is 1. The zero-order chi connectivity index (χ0) is 19.2. The quantitative estimate of drug-likeness (QED) is 0.638. The Balaban J connectivity index is 1.88. The van der Waals surface area contributed by atoms with E-state index in [1.165, 1.54) is 17.2 Å². The third-order valence-corrected chi connectivity index (χ3v) is 3.62. The summed E-state index contributed by atoms with van der Waals surface area (Å²) in [6.45, 7) is 2.01. The van der Waals surface area contributed by atoms with Crippen LogP contribution in [0.5, 0.6) is 11.5 Å². The fourth-order valence-electron chi connectivity index (χ4n) is 2.41. The van der Waals surface area contributed by atoms with Crippen LogP contribution in [0.15, 0.2) is 58.7 Å². The highest BCUT2D eigenvalue weighted by Gasteiger charge is 2.08. The van der Waals surface area contributed by atoms with Gasteiger partial charge in [-0.2, -0.15) is 9.78 Å². The number of para-hydroxylation sites is 1. The highest BCUT2D eigenvalue weighted by Crippen LogP contribution is 2.28. The monoisotopic (exact) mass is 366 g/mol. The van der Waals surface area contributed by atoms with Gasteiger partial charge in [0.15, 0.2) is 18.1 Å². The van der Waals surface area contributed by atoms with Crippen molar-refractivity contribution in [2.45, 2.75) is 6.92 Å². The van der Waals surface area contributed by atoms with Gasteiger partial charge in [0, 0.05) is 0 Å². The van der Waals surface area contributed by atoms with Crippen LogP contribution < -0.4 is 20.8 Å². The Labute approximate surface area is 154 Å². The summed E-state index contributed by atoms with van der Waals surface area (Å²) in [7, 11) is 0. The van der Waals surface area contributed by atoms with E-state index in [1.807, 2.05) is 13.0 Å². The number of fused-ring (bicyclic) bond motifs is 1. The summed E-state index contributed by atoms with van der Waals surface area (Å²) in [5.41, 5.74) is 6.13. The van der Waals surface area contributed by atoms with E-state index in [-0.39, 0.29) is 12.2 Å². The van der Waals surface area contributed by atoms with Crippen molar-refractivity contribution in [1.82, 2.24) is 9.66 Å². The second kappa shape index (κ2) is 8.13. The summed E-state index contributed by atoms with van der Waals surface area (Å²) in [6, 6.07) is 12.1. The Hall–Kier alpha value is -3.68. The van der Waals surface area contributed by atoms with Gasteiger partial charge in [0.2, 0.25) is 0 Å². The molecule has 0 aliphatic carbocycles. The van der Waals surface area contributed by atoms with Crippen molar-refractivity contribution >= 4 is 23.0 Å². The molecule has 1 aromatic heterocycles. The molecule has 8 nitrogen and oxygen atoms in total. The predicted octanol–water partition coefficient (Wildman–Crippen LogP) is 1.54. The second-order valence-electron chi connectivity index (χ2n) is 5.55. The molecule has 2 aromatic carbocycles. The van der Waals surface area contributed by atoms with Crippen molar-refractivity contribution in [3.8, 4) is 11.5 Å². The fourth-order valence-corrected chi connectivity index (χ4v) is 2.41. The highest BCUT2D eigenvalue weighted by atomic mass is 16.5. The molecule has 0 fully saturated rings. The van der Waals surface area contributed by atoms with Crippen LogP contribution in [-0.2, 0) is 4.79 Å². The number of hydrogen-bond donors (Lipinski definition) is 1. The summed E-state index contributed by atoms with van der Waals surface area (Å²) in [5.74, 6) is 0.273. The standard InChI is InChI=1S/C19H18N4O4/c1-2-26-17-9-13(7-8-16(17)27-11-18(20)24)10-22-23-12-21-15-6-4-3-5-14(15)19(23)25/h3-10,12H,2,11H2,1H3,(H2,20,24)/b22-10-. The van der Waals surface area contributed by atoms with Gasteiger partial charge >= 0.3 is 0 Å². The summed E-state index contributed by atoms with van der Waals surface area (Å²) < 4.78 is 12.0. The third kappa shape index (κ3) is 4.30. The van der Waals surface area contributed by atoms with Crippen LogP contribution in [0.25, 0.3) is 10.9 Å². The lowest BCUT2D eigenvalue weighted by atomic mass is 10.2. The number of carbonyl (C=O) groups is 1. The maximum Gasteiger partial charge on any atom is 0.281 e. The van der Waals surface area contributed by atoms with E-state index >= 15 is 0 Å². The lowest BCUT2D eigenvalue weighted by molar-refractivity contribution is -0.119. The van der Waals surface area contributed by atoms with Crippen LogP contribution in [0.1, 0.15) is 12.5 Å². The molecule has 3 rings (SSSR count). The number of benzene rings is 2. The van der Waals surface area contributed by atoms with Gasteiger partial charge in [0.05, 0.1) is 23.7 Å². The van der Waals surface area contributed by atoms with E-state index in [1.54, 1.807) is 36.4 Å². The minimum Gasteiger partial charge on any atom is -0.490 e. The molecule has 2 N–H and O–H groups in total. The topological polar surface area (TPSA) is 109 Å². The van der Waals surface area contributed by atoms with E-state index in [0.717, 1.165) is 0 Å². The second-order valence-corrected chi connectivity index (χ2v) is 5.55. The number of rotatable bonds is 7. The first-order valence-corrected chi connectivity index (χ1v) is 8.27. The molecule has 8 heteroatoms. The fraction of sp³-hybridized carbons (Fsp3) is 0.158. The lowest BCUT2D eigenvalue weighted by Gasteiger charge is -2.11. The molecule has 27 heavy (non-hydrogen) atoms. The number of carbonyl (C=O) groups excluding carboxylic acids is 1. The zero-order valence-corrected chi connectivity index (χ0v) is 14.7. The van der Waals surface area contributed by atoms with Crippen molar-refractivity contribution in [3.63, 3.8) is 0 Å². The number of aromatic nitrogens is 2. The Morgan fingerprint density at radius 1 is 1.22 bits per heavy atom. The molecule has 0 radical (unpaired) electrons. The third-order valence-electron chi connectivity index (χ3n) is 3.62. The largest absolute Gasteiger partial charge is 0.490 e. The first-order chi connectivity index (χ1) is 13.1. The molecule has 0 aliphatic rings. The van der Waals surface area contributed by atoms with Crippen LogP contribution >= 0.6 is 0 Å². The van der Waals surface area contributed by atoms with Crippen LogP contribution in [0.3, 0.4) is 0 Å². The van der Waals surface area contributed by atoms with Gasteiger partial charge in [0.25, 0.3) is 11.5 Å². The average Bonchev–Trinajstić information content (AvgIpc) is 2.67. The lowest BCUT2D eigenvalue weighted by Crippen LogP contribution is -2.20. The zero-order valence-electron chi connectivity index (χ0n) is 14.7. The highest BCUT2D eigenvalue weighted by molar-refractivity contribution is 5.81. The Kier molecular flexibility index (Phi) is 5.46. The minimum absolute atomic E-state index is 0.244. The molecule has 0 unspecified atom stereocenters. The Bertz CT molecular complexity index is 1060. The maximum absolute atomic E-state index is 12.4. The van der Waals surface area contributed by atoms with Gasteiger partial charge in [-0.05, 0) is 42.8 Å². The van der Waals surface area contributed by atoms with Crippen LogP contribution in [0.4, 0.5) is 0 Å². The SMILES string of the molecule is CCOc1cc(/C=N\n2cnc3ccccc3c2=O)ccc1OCC(N)=O. The summed E-state index contributed by atoms with van der Waals surface area (Å²) in [5, 5.41) is 4.67. The van der Waals surface area contributed by atoms with E-state index in [9.17, 15) is 9.59 Å². The normalized spacial score (nSPS) is 11.0. The van der Waals surface area contributed by atoms with Crippen molar-refractivity contribution in [1.29, 1.82) is 0 Å². The van der Waals surface area contributed by atoms with Gasteiger partial charge in [-0.25, -0.2) is 4.98 Å². The van der Waals surface area contributed by atoms with Crippen molar-refractivity contribution in [3.05, 3.63) is 64.7 Å². The molecule has 3 aromatic rings. The smallest absolute Gasteiger partial charge is 0.281 e.